The van der Waals surface area contributed by atoms with Crippen LogP contribution < -0.4 is 10.2 Å². The highest BCUT2D eigenvalue weighted by Crippen LogP contribution is 2.27. The van der Waals surface area contributed by atoms with E-state index < -0.39 is 0 Å². The van der Waals surface area contributed by atoms with Crippen molar-refractivity contribution in [3.63, 3.8) is 0 Å². The van der Waals surface area contributed by atoms with Gasteiger partial charge in [0.15, 0.2) is 0 Å². The quantitative estimate of drug-likeness (QED) is 0.864. The monoisotopic (exact) mass is 276 g/mol. The summed E-state index contributed by atoms with van der Waals surface area (Å²) >= 11 is 0. The number of aromatic nitrogens is 1. The lowest BCUT2D eigenvalue weighted by atomic mass is 10.1. The predicted octanol–water partition coefficient (Wildman–Crippen LogP) is 2.28. The maximum absolute atomic E-state index is 4.64. The minimum Gasteiger partial charge on any atom is -0.355 e. The summed E-state index contributed by atoms with van der Waals surface area (Å²) in [4.78, 5) is 9.65. The van der Waals surface area contributed by atoms with Crippen LogP contribution in [0, 0.1) is 0 Å². The second kappa shape index (κ2) is 7.04. The van der Waals surface area contributed by atoms with Crippen LogP contribution >= 0.6 is 0 Å². The molecule has 0 saturated carbocycles. The van der Waals surface area contributed by atoms with Crippen molar-refractivity contribution in [3.8, 4) is 0 Å². The first kappa shape index (κ1) is 15.3. The van der Waals surface area contributed by atoms with Crippen LogP contribution in [-0.4, -0.2) is 49.2 Å². The minimum atomic E-state index is 0.339. The molecule has 1 aliphatic rings. The molecule has 2 heterocycles. The zero-order valence-corrected chi connectivity index (χ0v) is 13.3. The number of hydrogen-bond acceptors (Lipinski definition) is 4. The Kier molecular flexibility index (Phi) is 5.38. The highest BCUT2D eigenvalue weighted by Gasteiger charge is 2.28. The second-order valence-corrected chi connectivity index (χ2v) is 5.54. The first-order chi connectivity index (χ1) is 9.71. The summed E-state index contributed by atoms with van der Waals surface area (Å²) < 4.78 is 0. The first-order valence-corrected chi connectivity index (χ1v) is 7.82. The Morgan fingerprint density at radius 3 is 2.85 bits per heavy atom. The van der Waals surface area contributed by atoms with Gasteiger partial charge in [0.25, 0.3) is 0 Å². The Morgan fingerprint density at radius 1 is 1.45 bits per heavy atom. The van der Waals surface area contributed by atoms with Gasteiger partial charge in [0.1, 0.15) is 5.82 Å². The van der Waals surface area contributed by atoms with E-state index in [-0.39, 0.29) is 0 Å². The lowest BCUT2D eigenvalue weighted by molar-refractivity contribution is 0.232. The van der Waals surface area contributed by atoms with Gasteiger partial charge in [0.2, 0.25) is 0 Å². The molecule has 2 unspecified atom stereocenters. The van der Waals surface area contributed by atoms with Gasteiger partial charge >= 0.3 is 0 Å². The second-order valence-electron chi connectivity index (χ2n) is 5.54. The van der Waals surface area contributed by atoms with Crippen LogP contribution in [0.4, 0.5) is 5.82 Å². The number of pyridine rings is 1. The van der Waals surface area contributed by atoms with Gasteiger partial charge in [-0.2, -0.15) is 0 Å². The molecule has 1 aliphatic heterocycles. The Morgan fingerprint density at radius 2 is 2.20 bits per heavy atom. The smallest absolute Gasteiger partial charge is 0.133 e. The predicted molar refractivity (Wildman–Crippen MR) is 85.3 cm³/mol. The van der Waals surface area contributed by atoms with Gasteiger partial charge in [-0.3, -0.25) is 4.90 Å². The normalized spacial score (nSPS) is 20.6. The van der Waals surface area contributed by atoms with E-state index in [4.69, 9.17) is 0 Å². The molecule has 1 fully saturated rings. The van der Waals surface area contributed by atoms with Crippen molar-refractivity contribution in [2.45, 2.75) is 39.3 Å². The topological polar surface area (TPSA) is 31.4 Å². The first-order valence-electron chi connectivity index (χ1n) is 7.82. The molecule has 0 radical (unpaired) electrons. The van der Waals surface area contributed by atoms with Crippen LogP contribution in [0.15, 0.2) is 18.3 Å². The van der Waals surface area contributed by atoms with Gasteiger partial charge in [-0.15, -0.1) is 0 Å². The molecule has 1 N–H and O–H groups in total. The Balaban J connectivity index is 2.14. The zero-order valence-electron chi connectivity index (χ0n) is 13.3. The summed E-state index contributed by atoms with van der Waals surface area (Å²) in [6.07, 6.45) is 3.15. The summed E-state index contributed by atoms with van der Waals surface area (Å²) in [7, 11) is 2.00. The van der Waals surface area contributed by atoms with Crippen LogP contribution in [0.5, 0.6) is 0 Å². The highest BCUT2D eigenvalue weighted by molar-refractivity contribution is 5.49. The fourth-order valence-corrected chi connectivity index (χ4v) is 3.14. The number of nitrogens with one attached hydrogen (secondary N) is 1. The molecule has 0 spiro atoms. The lowest BCUT2D eigenvalue weighted by Gasteiger charge is -2.27. The van der Waals surface area contributed by atoms with Crippen LogP contribution in [0.2, 0.25) is 0 Å². The molecular formula is C16H28N4. The third-order valence-corrected chi connectivity index (χ3v) is 4.51. The summed E-state index contributed by atoms with van der Waals surface area (Å²) in [5, 5.41) is 3.32. The average molecular weight is 276 g/mol. The van der Waals surface area contributed by atoms with Gasteiger partial charge in [0.05, 0.1) is 0 Å². The van der Waals surface area contributed by atoms with Crippen LogP contribution in [0.3, 0.4) is 0 Å². The number of nitrogens with zero attached hydrogens (tertiary/aromatic N) is 3. The Labute approximate surface area is 123 Å². The van der Waals surface area contributed by atoms with Crippen molar-refractivity contribution in [3.05, 3.63) is 23.9 Å². The maximum Gasteiger partial charge on any atom is 0.133 e. The van der Waals surface area contributed by atoms with Crippen molar-refractivity contribution >= 4 is 5.82 Å². The fraction of sp³-hybridized carbons (Fsp3) is 0.688. The number of anilines is 1. The van der Waals surface area contributed by atoms with Crippen molar-refractivity contribution in [2.75, 3.05) is 38.1 Å². The van der Waals surface area contributed by atoms with Crippen molar-refractivity contribution in [1.82, 2.24) is 15.2 Å². The molecule has 1 aromatic heterocycles. The molecule has 1 aromatic rings. The number of likely N-dealkylation sites (N-methyl/N-ethyl adjacent to an activating group) is 1. The Bertz CT molecular complexity index is 417. The molecule has 0 aromatic carbocycles. The Hall–Kier alpha value is -1.13. The summed E-state index contributed by atoms with van der Waals surface area (Å²) in [5.41, 5.74) is 1.30. The number of rotatable bonds is 6. The van der Waals surface area contributed by atoms with E-state index >= 15 is 0 Å². The van der Waals surface area contributed by atoms with Crippen molar-refractivity contribution in [1.29, 1.82) is 0 Å². The summed E-state index contributed by atoms with van der Waals surface area (Å²) in [6.45, 7) is 11.2. The van der Waals surface area contributed by atoms with Crippen LogP contribution in [0.25, 0.3) is 0 Å². The molecule has 0 amide bonds. The fourth-order valence-electron chi connectivity index (χ4n) is 3.14. The maximum atomic E-state index is 4.64. The van der Waals surface area contributed by atoms with E-state index in [1.807, 2.05) is 19.3 Å². The molecule has 20 heavy (non-hydrogen) atoms. The summed E-state index contributed by atoms with van der Waals surface area (Å²) in [6, 6.07) is 5.23. The van der Waals surface area contributed by atoms with E-state index in [1.165, 1.54) is 12.0 Å². The van der Waals surface area contributed by atoms with Gasteiger partial charge < -0.3 is 10.2 Å². The molecule has 0 bridgehead atoms. The van der Waals surface area contributed by atoms with Gasteiger partial charge in [-0.25, -0.2) is 4.98 Å². The number of hydrogen-bond donors (Lipinski definition) is 1. The van der Waals surface area contributed by atoms with E-state index in [2.05, 4.69) is 46.9 Å². The average Bonchev–Trinajstić information content (AvgIpc) is 2.97. The van der Waals surface area contributed by atoms with Gasteiger partial charge in [-0.1, -0.05) is 19.9 Å². The molecule has 112 valence electrons. The van der Waals surface area contributed by atoms with Crippen LogP contribution in [0.1, 0.15) is 38.8 Å². The standard InChI is InChI=1S/C16H28N4/c1-5-19(6-2)14-9-11-20(12-14)16-15(13(3)17-4)8-7-10-18-16/h7-8,10,13-14,17H,5-6,9,11-12H2,1-4H3. The van der Waals surface area contributed by atoms with Crippen LogP contribution in [-0.2, 0) is 0 Å². The molecular weight excluding hydrogens is 248 g/mol. The van der Waals surface area contributed by atoms with Crippen molar-refractivity contribution in [2.24, 2.45) is 0 Å². The molecule has 1 saturated heterocycles. The third-order valence-electron chi connectivity index (χ3n) is 4.51. The summed E-state index contributed by atoms with van der Waals surface area (Å²) in [5.74, 6) is 1.16. The van der Waals surface area contributed by atoms with E-state index in [9.17, 15) is 0 Å². The SMILES string of the molecule is CCN(CC)C1CCN(c2ncccc2C(C)NC)C1. The molecule has 4 heteroatoms. The minimum absolute atomic E-state index is 0.339. The molecule has 2 rings (SSSR count). The highest BCUT2D eigenvalue weighted by atomic mass is 15.3. The van der Waals surface area contributed by atoms with Crippen molar-refractivity contribution < 1.29 is 0 Å². The molecule has 2 atom stereocenters. The van der Waals surface area contributed by atoms with E-state index in [1.54, 1.807) is 0 Å². The largest absolute Gasteiger partial charge is 0.355 e. The van der Waals surface area contributed by atoms with E-state index in [0.717, 1.165) is 32.0 Å². The van der Waals surface area contributed by atoms with E-state index in [0.29, 0.717) is 12.1 Å². The van der Waals surface area contributed by atoms with Gasteiger partial charge in [0, 0.05) is 36.9 Å². The lowest BCUT2D eigenvalue weighted by Crippen LogP contribution is -2.37. The van der Waals surface area contributed by atoms with Gasteiger partial charge in [-0.05, 0) is 39.5 Å². The molecule has 0 aliphatic carbocycles. The zero-order chi connectivity index (χ0) is 14.5. The third kappa shape index (κ3) is 3.13. The molecule has 4 nitrogen and oxygen atoms in total.